The summed E-state index contributed by atoms with van der Waals surface area (Å²) in [6.45, 7) is 12.7. The summed E-state index contributed by atoms with van der Waals surface area (Å²) in [6, 6.07) is 2.40. The standard InChI is InChI=1S/C66H97ClF3N11O11/c1-16-42(7)56-62(90)76(11)37-54(84)74(9)38-55(85)79(14)51(35-45-23-21-41(6)22-24-45)61(89)75(10)36-52(82)71-48(28-26-44-25-27-46(47(67)34-44)66(68,69)70)60(88)81-31-19-20-49(81)59(87)73-65(29-17-18-30-65)64(92)80(15)57(40(4)5)63(91)77(12)43(8)33-53(83)78(13)50(32-39(2)3)58(86)72-56/h21-25,27,34,39-40,42-43,48-51,56-57H,16-20,26,28-33,35-38H2,1-15H3,(H,71,82)(H,72,86)(H,73,87)/t42-,43+,48-,49-,50-,51-,56-,57-/m0/s1. The SMILES string of the molecule is CC[C@H](C)[C@@H]1NC(=O)[C@H](CC(C)C)N(C)C(=O)C[C@@H](C)N(C)C(=O)[C@H](C(C)C)N(C)C(=O)C2(CCCC2)NC(=O)[C@@H]2CCCN2C(=O)[C@H](CCc2ccc(C(F)(F)F)c(Cl)c2)NC(=O)CN(C)C(=O)[C@H](Cc2ccc(C)cc2)N(C)C(=O)CN(C)C(=O)CN(C)C1=O. The van der Waals surface area contributed by atoms with Crippen LogP contribution in [0, 0.1) is 24.7 Å². The number of carbonyl (C=O) groups excluding carboxylic acids is 11. The van der Waals surface area contributed by atoms with Crippen LogP contribution in [0.1, 0.15) is 135 Å². The first-order chi connectivity index (χ1) is 42.9. The zero-order valence-corrected chi connectivity index (χ0v) is 57.0. The summed E-state index contributed by atoms with van der Waals surface area (Å²) in [5.74, 6) is -8.06. The number of aryl methyl sites for hydroxylation is 2. The number of alkyl halides is 3. The van der Waals surface area contributed by atoms with E-state index in [0.717, 1.165) is 37.3 Å². The molecular weight excluding hydrogens is 1220 g/mol. The van der Waals surface area contributed by atoms with Gasteiger partial charge in [-0.15, -0.1) is 0 Å². The van der Waals surface area contributed by atoms with E-state index in [1.165, 1.54) is 75.0 Å². The molecule has 11 amide bonds. The van der Waals surface area contributed by atoms with Gasteiger partial charge in [-0.3, -0.25) is 52.7 Å². The number of hydrogen-bond donors (Lipinski definition) is 3. The number of benzene rings is 2. The Hall–Kier alpha value is -7.31. The normalized spacial score (nSPS) is 24.9. The van der Waals surface area contributed by atoms with Crippen LogP contribution in [-0.4, -0.2) is 228 Å². The van der Waals surface area contributed by atoms with E-state index in [1.54, 1.807) is 39.8 Å². The number of likely N-dealkylation sites (N-methyl/N-ethyl adjacent to an activating group) is 7. The fourth-order valence-electron chi connectivity index (χ4n) is 12.4. The molecule has 510 valence electrons. The van der Waals surface area contributed by atoms with Crippen molar-refractivity contribution in [3.63, 3.8) is 0 Å². The van der Waals surface area contributed by atoms with Crippen molar-refractivity contribution in [3.8, 4) is 0 Å². The van der Waals surface area contributed by atoms with E-state index in [-0.39, 0.29) is 63.8 Å². The zero-order valence-electron chi connectivity index (χ0n) is 56.2. The van der Waals surface area contributed by atoms with Crippen LogP contribution in [0.3, 0.4) is 0 Å². The van der Waals surface area contributed by atoms with Crippen LogP contribution in [0.5, 0.6) is 0 Å². The van der Waals surface area contributed by atoms with Gasteiger partial charge in [0.2, 0.25) is 65.0 Å². The van der Waals surface area contributed by atoms with E-state index in [2.05, 4.69) is 16.0 Å². The van der Waals surface area contributed by atoms with Crippen molar-refractivity contribution in [2.75, 3.05) is 75.5 Å². The van der Waals surface area contributed by atoms with Crippen LogP contribution >= 0.6 is 11.6 Å². The number of amides is 11. The molecule has 0 unspecified atom stereocenters. The van der Waals surface area contributed by atoms with Gasteiger partial charge in [0.25, 0.3) is 0 Å². The van der Waals surface area contributed by atoms with E-state index in [4.69, 9.17) is 11.6 Å². The molecule has 3 aliphatic rings. The van der Waals surface area contributed by atoms with Gasteiger partial charge in [-0.25, -0.2) is 0 Å². The summed E-state index contributed by atoms with van der Waals surface area (Å²) in [6.07, 6.45) is -2.71. The number of nitrogens with zero attached hydrogens (tertiary/aromatic N) is 8. The third-order valence-corrected chi connectivity index (χ3v) is 18.8. The van der Waals surface area contributed by atoms with Crippen molar-refractivity contribution in [1.29, 1.82) is 0 Å². The zero-order chi connectivity index (χ0) is 69.0. The Morgan fingerprint density at radius 1 is 0.652 bits per heavy atom. The molecule has 2 aromatic carbocycles. The summed E-state index contributed by atoms with van der Waals surface area (Å²) in [5.41, 5.74) is -0.722. The predicted molar refractivity (Wildman–Crippen MR) is 341 cm³/mol. The molecule has 2 heterocycles. The van der Waals surface area contributed by atoms with Crippen molar-refractivity contribution in [2.24, 2.45) is 17.8 Å². The van der Waals surface area contributed by atoms with Gasteiger partial charge < -0.3 is 55.1 Å². The number of carbonyl (C=O) groups is 11. The average Bonchev–Trinajstić information content (AvgIpc) is 1.50. The Morgan fingerprint density at radius 2 is 1.24 bits per heavy atom. The Morgan fingerprint density at radius 3 is 1.82 bits per heavy atom. The van der Waals surface area contributed by atoms with Gasteiger partial charge in [0.05, 0.1) is 30.2 Å². The largest absolute Gasteiger partial charge is 0.417 e. The first-order valence-electron chi connectivity index (χ1n) is 31.9. The molecule has 5 rings (SSSR count). The van der Waals surface area contributed by atoms with Crippen LogP contribution in [0.2, 0.25) is 5.02 Å². The highest BCUT2D eigenvalue weighted by Gasteiger charge is 2.50. The van der Waals surface area contributed by atoms with E-state index >= 15 is 9.59 Å². The highest BCUT2D eigenvalue weighted by Crippen LogP contribution is 2.36. The molecule has 1 aliphatic carbocycles. The second kappa shape index (κ2) is 32.5. The number of halogens is 4. The molecule has 3 fully saturated rings. The summed E-state index contributed by atoms with van der Waals surface area (Å²) in [7, 11) is 9.94. The smallest absolute Gasteiger partial charge is 0.343 e. The van der Waals surface area contributed by atoms with Crippen molar-refractivity contribution in [1.82, 2.24) is 55.1 Å². The van der Waals surface area contributed by atoms with Crippen molar-refractivity contribution in [2.45, 2.75) is 186 Å². The molecule has 3 N–H and O–H groups in total. The lowest BCUT2D eigenvalue weighted by molar-refractivity contribution is -0.152. The maximum Gasteiger partial charge on any atom is 0.417 e. The molecule has 92 heavy (non-hydrogen) atoms. The lowest BCUT2D eigenvalue weighted by atomic mass is 9.91. The molecule has 1 saturated carbocycles. The van der Waals surface area contributed by atoms with E-state index in [0.29, 0.717) is 36.8 Å². The Balaban J connectivity index is 1.57. The number of hydrogen-bond acceptors (Lipinski definition) is 11. The Kier molecular flexibility index (Phi) is 26.6. The molecule has 26 heteroatoms. The van der Waals surface area contributed by atoms with E-state index in [1.807, 2.05) is 39.8 Å². The van der Waals surface area contributed by atoms with Gasteiger partial charge in [-0.2, -0.15) is 13.2 Å². The summed E-state index contributed by atoms with van der Waals surface area (Å²) in [5, 5.41) is 8.04. The van der Waals surface area contributed by atoms with Crippen LogP contribution in [0.4, 0.5) is 13.2 Å². The van der Waals surface area contributed by atoms with Gasteiger partial charge in [0.1, 0.15) is 41.8 Å². The number of fused-ring (bicyclic) bond motifs is 1. The fourth-order valence-corrected chi connectivity index (χ4v) is 12.7. The van der Waals surface area contributed by atoms with Gasteiger partial charge in [-0.05, 0) is 99.8 Å². The van der Waals surface area contributed by atoms with Crippen molar-refractivity contribution >= 4 is 76.6 Å². The number of nitrogens with one attached hydrogen (secondary N) is 3. The quantitative estimate of drug-likeness (QED) is 0.283. The maximum atomic E-state index is 15.1. The minimum atomic E-state index is -4.75. The predicted octanol–water partition coefficient (Wildman–Crippen LogP) is 5.09. The molecule has 0 bridgehead atoms. The maximum absolute atomic E-state index is 15.1. The Labute approximate surface area is 544 Å². The van der Waals surface area contributed by atoms with Gasteiger partial charge in [0, 0.05) is 74.8 Å². The van der Waals surface area contributed by atoms with Gasteiger partial charge in [0.15, 0.2) is 0 Å². The number of rotatable bonds is 10. The lowest BCUT2D eigenvalue weighted by Crippen LogP contribution is -2.64. The second-order valence-corrected chi connectivity index (χ2v) is 26.8. The summed E-state index contributed by atoms with van der Waals surface area (Å²) in [4.78, 5) is 170. The second-order valence-electron chi connectivity index (χ2n) is 26.4. The highest BCUT2D eigenvalue weighted by molar-refractivity contribution is 6.31. The minimum Gasteiger partial charge on any atom is -0.343 e. The van der Waals surface area contributed by atoms with Gasteiger partial charge in [-0.1, -0.05) is 108 Å². The van der Waals surface area contributed by atoms with Crippen LogP contribution < -0.4 is 16.0 Å². The van der Waals surface area contributed by atoms with Crippen molar-refractivity contribution < 1.29 is 65.9 Å². The van der Waals surface area contributed by atoms with E-state index in [9.17, 15) is 56.3 Å². The monoisotopic (exact) mass is 1310 g/mol. The van der Waals surface area contributed by atoms with Crippen molar-refractivity contribution in [3.05, 3.63) is 69.7 Å². The van der Waals surface area contributed by atoms with Crippen LogP contribution in [0.15, 0.2) is 42.5 Å². The van der Waals surface area contributed by atoms with Crippen LogP contribution in [0.25, 0.3) is 0 Å². The molecule has 22 nitrogen and oxygen atoms in total. The van der Waals surface area contributed by atoms with Gasteiger partial charge >= 0.3 is 6.18 Å². The fraction of sp³-hybridized carbons (Fsp3) is 0.652. The molecule has 1 spiro atoms. The third kappa shape index (κ3) is 18.9. The summed E-state index contributed by atoms with van der Waals surface area (Å²) < 4.78 is 41.3. The molecular formula is C66H97ClF3N11O11. The molecule has 0 radical (unpaired) electrons. The first-order valence-corrected chi connectivity index (χ1v) is 32.2. The third-order valence-electron chi connectivity index (χ3n) is 18.5. The molecule has 2 aromatic rings. The van der Waals surface area contributed by atoms with E-state index < -0.39 is 161 Å². The molecule has 0 aromatic heterocycles. The summed E-state index contributed by atoms with van der Waals surface area (Å²) >= 11 is 6.11. The average molecular weight is 1310 g/mol. The molecule has 8 atom stereocenters. The van der Waals surface area contributed by atoms with Crippen LogP contribution in [-0.2, 0) is 71.8 Å². The topological polar surface area (TPSA) is 250 Å². The Bertz CT molecular complexity index is 3020. The molecule has 2 saturated heterocycles. The molecule has 2 aliphatic heterocycles. The lowest BCUT2D eigenvalue weighted by Gasteiger charge is -2.41. The minimum absolute atomic E-state index is 0.0435. The first kappa shape index (κ1) is 75.4. The highest BCUT2D eigenvalue weighted by atomic mass is 35.5.